The van der Waals surface area contributed by atoms with Crippen molar-refractivity contribution in [3.8, 4) is 5.88 Å². The summed E-state index contributed by atoms with van der Waals surface area (Å²) in [5, 5.41) is 3.38. The lowest BCUT2D eigenvalue weighted by molar-refractivity contribution is 0.320. The van der Waals surface area contributed by atoms with Gasteiger partial charge in [0.1, 0.15) is 17.4 Å². The third-order valence-corrected chi connectivity index (χ3v) is 2.49. The van der Waals surface area contributed by atoms with Crippen LogP contribution in [0, 0.1) is 13.0 Å². The Hall–Kier alpha value is -1.95. The molecule has 19 heavy (non-hydrogen) atoms. The first-order valence-electron chi connectivity index (χ1n) is 5.63. The highest BCUT2D eigenvalue weighted by Gasteiger charge is 2.02. The maximum absolute atomic E-state index is 12.9. The summed E-state index contributed by atoms with van der Waals surface area (Å²) in [6, 6.07) is 5.07. The van der Waals surface area contributed by atoms with Crippen molar-refractivity contribution in [2.24, 2.45) is 0 Å². The lowest BCUT2D eigenvalue weighted by Gasteiger charge is -2.08. The summed E-state index contributed by atoms with van der Waals surface area (Å²) in [5.41, 5.74) is 0.559. The molecule has 0 aliphatic heterocycles. The van der Waals surface area contributed by atoms with Gasteiger partial charge in [-0.1, -0.05) is 11.6 Å². The first-order valence-corrected chi connectivity index (χ1v) is 6.01. The highest BCUT2D eigenvalue weighted by atomic mass is 35.5. The van der Waals surface area contributed by atoms with Crippen molar-refractivity contribution in [1.82, 2.24) is 15.0 Å². The van der Waals surface area contributed by atoms with Crippen LogP contribution in [-0.4, -0.2) is 28.1 Å². The van der Waals surface area contributed by atoms with Gasteiger partial charge in [-0.05, 0) is 19.1 Å². The number of aromatic nitrogens is 3. The minimum absolute atomic E-state index is 0.335. The van der Waals surface area contributed by atoms with E-state index in [0.717, 1.165) is 0 Å². The molecule has 2 aromatic rings. The molecule has 0 fully saturated rings. The average Bonchev–Trinajstić information content (AvgIpc) is 2.35. The molecule has 0 saturated heterocycles. The van der Waals surface area contributed by atoms with Crippen molar-refractivity contribution < 1.29 is 9.13 Å². The van der Waals surface area contributed by atoms with E-state index in [0.29, 0.717) is 35.6 Å². The van der Waals surface area contributed by atoms with Crippen LogP contribution in [0.4, 0.5) is 10.2 Å². The second-order valence-electron chi connectivity index (χ2n) is 3.73. The van der Waals surface area contributed by atoms with E-state index in [1.807, 2.05) is 0 Å². The Morgan fingerprint density at radius 3 is 3.00 bits per heavy atom. The van der Waals surface area contributed by atoms with Crippen molar-refractivity contribution in [2.45, 2.75) is 6.92 Å². The van der Waals surface area contributed by atoms with Gasteiger partial charge < -0.3 is 10.1 Å². The van der Waals surface area contributed by atoms with Crippen LogP contribution >= 0.6 is 11.6 Å². The van der Waals surface area contributed by atoms with E-state index in [9.17, 15) is 4.39 Å². The summed E-state index contributed by atoms with van der Waals surface area (Å²) in [6.45, 7) is 2.48. The van der Waals surface area contributed by atoms with Gasteiger partial charge in [-0.3, -0.25) is 0 Å². The van der Waals surface area contributed by atoms with Crippen molar-refractivity contribution in [3.63, 3.8) is 0 Å². The first kappa shape index (κ1) is 13.5. The maximum Gasteiger partial charge on any atom is 0.310 e. The first-order chi connectivity index (χ1) is 9.15. The smallest absolute Gasteiger partial charge is 0.310 e. The molecule has 0 saturated carbocycles. The summed E-state index contributed by atoms with van der Waals surface area (Å²) in [6.07, 6.45) is 0.842. The minimum Gasteiger partial charge on any atom is -0.475 e. The summed E-state index contributed by atoms with van der Waals surface area (Å²) >= 11 is 5.88. The summed E-state index contributed by atoms with van der Waals surface area (Å²) in [4.78, 5) is 11.1. The Labute approximate surface area is 114 Å². The fraction of sp³-hybridized carbons (Fsp3) is 0.250. The van der Waals surface area contributed by atoms with Gasteiger partial charge in [0.25, 0.3) is 0 Å². The number of rotatable bonds is 5. The summed E-state index contributed by atoms with van der Waals surface area (Å²) < 4.78 is 18.3. The zero-order chi connectivity index (χ0) is 13.7. The maximum atomic E-state index is 12.9. The van der Waals surface area contributed by atoms with E-state index in [4.69, 9.17) is 16.3 Å². The van der Waals surface area contributed by atoms with E-state index in [2.05, 4.69) is 20.3 Å². The van der Waals surface area contributed by atoms with E-state index < -0.39 is 6.08 Å². The number of halogens is 2. The molecule has 0 spiro atoms. The largest absolute Gasteiger partial charge is 0.475 e. The molecule has 2 rings (SSSR count). The molecule has 0 aliphatic carbocycles. The zero-order valence-corrected chi connectivity index (χ0v) is 11.0. The third-order valence-electron chi connectivity index (χ3n) is 2.20. The number of nitrogens with one attached hydrogen (secondary N) is 1. The molecule has 1 N–H and O–H groups in total. The molecule has 0 aromatic carbocycles. The molecule has 100 valence electrons. The predicted molar refractivity (Wildman–Crippen MR) is 70.0 cm³/mol. The second kappa shape index (κ2) is 6.29. The molecule has 7 heteroatoms. The van der Waals surface area contributed by atoms with Gasteiger partial charge in [-0.2, -0.15) is 9.37 Å². The lowest BCUT2D eigenvalue weighted by Crippen LogP contribution is -2.13. The van der Waals surface area contributed by atoms with Crippen LogP contribution in [0.25, 0.3) is 0 Å². The zero-order valence-electron chi connectivity index (χ0n) is 10.2. The minimum atomic E-state index is -0.754. The van der Waals surface area contributed by atoms with Gasteiger partial charge in [0.2, 0.25) is 5.88 Å². The van der Waals surface area contributed by atoms with Crippen LogP contribution in [0.2, 0.25) is 5.02 Å². The van der Waals surface area contributed by atoms with E-state index in [-0.39, 0.29) is 0 Å². The number of anilines is 1. The Morgan fingerprint density at radius 2 is 2.26 bits per heavy atom. The van der Waals surface area contributed by atoms with Crippen molar-refractivity contribution in [1.29, 1.82) is 0 Å². The summed E-state index contributed by atoms with van der Waals surface area (Å²) in [7, 11) is 0. The second-order valence-corrected chi connectivity index (χ2v) is 4.14. The molecule has 0 unspecified atom stereocenters. The van der Waals surface area contributed by atoms with E-state index in [1.54, 1.807) is 31.3 Å². The topological polar surface area (TPSA) is 59.9 Å². The van der Waals surface area contributed by atoms with Crippen molar-refractivity contribution in [2.75, 3.05) is 18.5 Å². The fourth-order valence-corrected chi connectivity index (χ4v) is 1.60. The lowest BCUT2D eigenvalue weighted by atomic mass is 10.4. The third kappa shape index (κ3) is 4.03. The van der Waals surface area contributed by atoms with Crippen LogP contribution in [0.15, 0.2) is 24.4 Å². The number of pyridine rings is 1. The van der Waals surface area contributed by atoms with Crippen LogP contribution < -0.4 is 10.1 Å². The van der Waals surface area contributed by atoms with Crippen LogP contribution in [0.5, 0.6) is 5.88 Å². The molecule has 0 amide bonds. The van der Waals surface area contributed by atoms with Gasteiger partial charge >= 0.3 is 6.08 Å². The SMILES string of the molecule is Cc1cc(NCCOc2ncccc2Cl)nc(F)n1. The molecule has 0 aliphatic rings. The van der Waals surface area contributed by atoms with Crippen LogP contribution in [0.3, 0.4) is 0 Å². The van der Waals surface area contributed by atoms with Crippen molar-refractivity contribution in [3.05, 3.63) is 41.2 Å². The highest BCUT2D eigenvalue weighted by molar-refractivity contribution is 6.31. The number of hydrogen-bond acceptors (Lipinski definition) is 5. The van der Waals surface area contributed by atoms with Crippen LogP contribution in [0.1, 0.15) is 5.69 Å². The van der Waals surface area contributed by atoms with Gasteiger partial charge in [-0.25, -0.2) is 9.97 Å². The van der Waals surface area contributed by atoms with E-state index in [1.165, 1.54) is 0 Å². The van der Waals surface area contributed by atoms with Gasteiger partial charge in [0, 0.05) is 18.0 Å². The number of ether oxygens (including phenoxy) is 1. The van der Waals surface area contributed by atoms with Gasteiger partial charge in [0.15, 0.2) is 0 Å². The normalized spacial score (nSPS) is 10.3. The average molecular weight is 283 g/mol. The quantitative estimate of drug-likeness (QED) is 0.674. The molecular formula is C12H12ClFN4O. The standard InChI is InChI=1S/C12H12ClFN4O/c1-8-7-10(18-12(14)17-8)15-5-6-19-11-9(13)3-2-4-16-11/h2-4,7H,5-6H2,1H3,(H,15,17,18). The Kier molecular flexibility index (Phi) is 4.46. The molecule has 0 radical (unpaired) electrons. The van der Waals surface area contributed by atoms with Gasteiger partial charge in [-0.15, -0.1) is 0 Å². The fourth-order valence-electron chi connectivity index (χ4n) is 1.43. The number of aryl methyl sites for hydroxylation is 1. The molecule has 2 aromatic heterocycles. The van der Waals surface area contributed by atoms with E-state index >= 15 is 0 Å². The molecule has 2 heterocycles. The Bertz CT molecular complexity index is 547. The highest BCUT2D eigenvalue weighted by Crippen LogP contribution is 2.19. The molecule has 5 nitrogen and oxygen atoms in total. The van der Waals surface area contributed by atoms with Gasteiger partial charge in [0.05, 0.1) is 6.54 Å². The van der Waals surface area contributed by atoms with Crippen molar-refractivity contribution >= 4 is 17.4 Å². The Morgan fingerprint density at radius 1 is 1.42 bits per heavy atom. The number of hydrogen-bond donors (Lipinski definition) is 1. The predicted octanol–water partition coefficient (Wildman–Crippen LogP) is 2.46. The molecular weight excluding hydrogens is 271 g/mol. The molecule has 0 atom stereocenters. The Balaban J connectivity index is 1.82. The van der Waals surface area contributed by atoms with Crippen LogP contribution in [-0.2, 0) is 0 Å². The summed E-state index contributed by atoms with van der Waals surface area (Å²) in [5.74, 6) is 0.789. The monoisotopic (exact) mass is 282 g/mol. The number of nitrogens with zero attached hydrogens (tertiary/aromatic N) is 3. The molecule has 0 bridgehead atoms.